The van der Waals surface area contributed by atoms with E-state index in [0.29, 0.717) is 9.71 Å². The van der Waals surface area contributed by atoms with E-state index in [2.05, 4.69) is 117 Å². The Kier molecular flexibility index (Phi) is 7.47. The normalized spacial score (nSPS) is 19.2. The summed E-state index contributed by atoms with van der Waals surface area (Å²) in [5.74, 6) is -0.140. The van der Waals surface area contributed by atoms with Crippen LogP contribution in [-0.4, -0.2) is 51.3 Å². The van der Waals surface area contributed by atoms with Gasteiger partial charge in [0.1, 0.15) is 10.6 Å². The molecular weight excluding hydrogens is 589 g/mol. The number of aromatic nitrogens is 3. The lowest BCUT2D eigenvalue weighted by molar-refractivity contribution is -0.153. The van der Waals surface area contributed by atoms with Crippen molar-refractivity contribution in [2.24, 2.45) is 7.05 Å². The number of nitrogens with zero attached hydrogens (tertiary/aromatic N) is 4. The van der Waals surface area contributed by atoms with Crippen molar-refractivity contribution in [3.63, 3.8) is 0 Å². The van der Waals surface area contributed by atoms with E-state index >= 15 is 0 Å². The minimum Gasteiger partial charge on any atom is -0.324 e. The second-order valence-electron chi connectivity index (χ2n) is 12.5. The van der Waals surface area contributed by atoms with Crippen molar-refractivity contribution in [2.75, 3.05) is 0 Å². The largest absolute Gasteiger partial charge is 0.324 e. The summed E-state index contributed by atoms with van der Waals surface area (Å²) in [5.41, 5.74) is 3.65. The van der Waals surface area contributed by atoms with Crippen LogP contribution in [0.3, 0.4) is 0 Å². The molecule has 0 bridgehead atoms. The van der Waals surface area contributed by atoms with Gasteiger partial charge in [-0.1, -0.05) is 109 Å². The Labute approximate surface area is 262 Å². The van der Waals surface area contributed by atoms with Crippen molar-refractivity contribution in [1.29, 1.82) is 0 Å². The van der Waals surface area contributed by atoms with Crippen LogP contribution in [-0.2, 0) is 16.6 Å². The Morgan fingerprint density at radius 1 is 0.884 bits per heavy atom. The highest BCUT2D eigenvalue weighted by molar-refractivity contribution is 8.01. The van der Waals surface area contributed by atoms with Crippen LogP contribution in [0, 0.1) is 0 Å². The molecule has 6 nitrogen and oxygen atoms in total. The summed E-state index contributed by atoms with van der Waals surface area (Å²) in [5, 5.41) is 6.84. The van der Waals surface area contributed by atoms with Gasteiger partial charge in [0.25, 0.3) is 0 Å². The van der Waals surface area contributed by atoms with E-state index in [1.807, 2.05) is 36.2 Å². The molecule has 3 heterocycles. The van der Waals surface area contributed by atoms with Crippen molar-refractivity contribution in [3.05, 3.63) is 119 Å². The molecule has 5 aromatic rings. The van der Waals surface area contributed by atoms with Crippen LogP contribution >= 0.6 is 23.1 Å². The topological polar surface area (TPSA) is 68.1 Å². The van der Waals surface area contributed by atoms with Crippen molar-refractivity contribution < 1.29 is 9.59 Å². The number of likely N-dealkylation sites (tertiary alicyclic amines) is 1. The van der Waals surface area contributed by atoms with Gasteiger partial charge in [0, 0.05) is 12.6 Å². The number of rotatable bonds is 8. The molecule has 0 spiro atoms. The number of hydrogen-bond donors (Lipinski definition) is 0. The summed E-state index contributed by atoms with van der Waals surface area (Å²) in [6.45, 7) is 10.5. The van der Waals surface area contributed by atoms with Crippen LogP contribution in [0.5, 0.6) is 0 Å². The monoisotopic (exact) mass is 624 g/mol. The minimum atomic E-state index is -1.97. The maximum absolute atomic E-state index is 14.9. The Bertz CT molecular complexity index is 1680. The average molecular weight is 625 g/mol. The number of benzene rings is 3. The maximum Gasteiger partial charge on any atom is 0.237 e. The summed E-state index contributed by atoms with van der Waals surface area (Å²) < 4.78 is 1.00. The zero-order valence-electron chi connectivity index (χ0n) is 25.3. The number of thiophene rings is 1. The SMILES string of the molecule is Cn1nnc2sc(C(=O)C3([SiH](C)C)C(=O)N(C(C)(C)C)C3SC(c3ccccc3)(c3ccccc3)c3ccccc3)cc21. The van der Waals surface area contributed by atoms with Crippen molar-refractivity contribution in [2.45, 2.75) is 54.6 Å². The highest BCUT2D eigenvalue weighted by Gasteiger charge is 2.70. The van der Waals surface area contributed by atoms with Crippen LogP contribution in [0.4, 0.5) is 0 Å². The van der Waals surface area contributed by atoms with Gasteiger partial charge in [-0.15, -0.1) is 28.2 Å². The van der Waals surface area contributed by atoms with Gasteiger partial charge in [0.05, 0.1) is 23.8 Å². The Hall–Kier alpha value is -3.53. The molecule has 1 fully saturated rings. The molecule has 220 valence electrons. The number of ketones is 1. The summed E-state index contributed by atoms with van der Waals surface area (Å²) >= 11 is 3.08. The lowest BCUT2D eigenvalue weighted by atomic mass is 9.83. The standard InChI is InChI=1S/C34H36N4O2S2Si/c1-32(2,3)38-30(40)34(43(5)6,28(39)27-22-26-29(41-27)35-36-37(26)4)31(38)42-33(23-16-10-7-11-17-23,24-18-12-8-13-19-24)25-20-14-9-15-21-25/h7-22,31,43H,1-6H3. The number of thioether (sulfide) groups is 1. The number of amides is 1. The number of carbonyl (C=O) groups excluding carboxylic acids is 2. The summed E-state index contributed by atoms with van der Waals surface area (Å²) in [6, 6.07) is 33.3. The van der Waals surface area contributed by atoms with E-state index in [1.165, 1.54) is 11.3 Å². The molecule has 43 heavy (non-hydrogen) atoms. The smallest absolute Gasteiger partial charge is 0.237 e. The molecule has 2 unspecified atom stereocenters. The number of hydrogen-bond acceptors (Lipinski definition) is 6. The van der Waals surface area contributed by atoms with E-state index in [9.17, 15) is 9.59 Å². The second-order valence-corrected chi connectivity index (χ2v) is 18.0. The highest BCUT2D eigenvalue weighted by Crippen LogP contribution is 2.64. The Morgan fingerprint density at radius 3 is 1.79 bits per heavy atom. The first-order chi connectivity index (χ1) is 20.5. The van der Waals surface area contributed by atoms with Crippen LogP contribution in [0.25, 0.3) is 10.3 Å². The molecule has 0 N–H and O–H groups in total. The van der Waals surface area contributed by atoms with E-state index in [1.54, 1.807) is 16.4 Å². The Morgan fingerprint density at radius 2 is 1.37 bits per heavy atom. The third-order valence-electron chi connectivity index (χ3n) is 8.57. The number of β-lactam (4-membered cyclic amide) rings is 1. The third-order valence-corrected chi connectivity index (χ3v) is 14.3. The van der Waals surface area contributed by atoms with Gasteiger partial charge in [0.15, 0.2) is 10.6 Å². The van der Waals surface area contributed by atoms with Gasteiger partial charge in [0.2, 0.25) is 5.91 Å². The van der Waals surface area contributed by atoms with Gasteiger partial charge in [-0.2, -0.15) is 0 Å². The lowest BCUT2D eigenvalue weighted by Gasteiger charge is -2.62. The molecule has 1 aliphatic rings. The van der Waals surface area contributed by atoms with Gasteiger partial charge in [-0.25, -0.2) is 4.68 Å². The molecule has 1 aliphatic heterocycles. The maximum atomic E-state index is 14.9. The number of carbonyl (C=O) groups is 2. The zero-order valence-corrected chi connectivity index (χ0v) is 28.1. The molecule has 0 saturated carbocycles. The quantitative estimate of drug-likeness (QED) is 0.0604. The molecule has 1 amide bonds. The molecular formula is C34H36N4O2S2Si. The molecule has 0 radical (unpaired) electrons. The number of aryl methyl sites for hydroxylation is 1. The van der Waals surface area contributed by atoms with Gasteiger partial charge < -0.3 is 4.90 Å². The molecule has 3 aromatic carbocycles. The van der Waals surface area contributed by atoms with Crippen molar-refractivity contribution >= 4 is 53.9 Å². The summed E-state index contributed by atoms with van der Waals surface area (Å²) in [4.78, 5) is 32.8. The van der Waals surface area contributed by atoms with Gasteiger partial charge in [-0.3, -0.25) is 9.59 Å². The van der Waals surface area contributed by atoms with Crippen molar-refractivity contribution in [3.8, 4) is 0 Å². The van der Waals surface area contributed by atoms with Crippen LogP contribution < -0.4 is 0 Å². The fourth-order valence-electron chi connectivity index (χ4n) is 6.39. The first kappa shape index (κ1) is 29.5. The Balaban J connectivity index is 1.61. The fraction of sp³-hybridized carbons (Fsp3) is 0.294. The van der Waals surface area contributed by atoms with E-state index < -0.39 is 29.5 Å². The summed E-state index contributed by atoms with van der Waals surface area (Å²) in [7, 11) is -0.149. The van der Waals surface area contributed by atoms with Crippen LogP contribution in [0.1, 0.15) is 47.1 Å². The van der Waals surface area contributed by atoms with Crippen LogP contribution in [0.2, 0.25) is 18.1 Å². The van der Waals surface area contributed by atoms with E-state index in [-0.39, 0.29) is 11.7 Å². The molecule has 1 saturated heterocycles. The molecule has 2 aromatic heterocycles. The summed E-state index contributed by atoms with van der Waals surface area (Å²) in [6.07, 6.45) is 0. The molecule has 0 aliphatic carbocycles. The van der Waals surface area contributed by atoms with E-state index in [4.69, 9.17) is 0 Å². The molecule has 2 atom stereocenters. The number of fused-ring (bicyclic) bond motifs is 1. The highest BCUT2D eigenvalue weighted by atomic mass is 32.2. The van der Waals surface area contributed by atoms with Crippen molar-refractivity contribution in [1.82, 2.24) is 19.9 Å². The minimum absolute atomic E-state index is 0.0595. The fourth-order valence-corrected chi connectivity index (χ4v) is 12.6. The van der Waals surface area contributed by atoms with Crippen LogP contribution in [0.15, 0.2) is 97.1 Å². The first-order valence-electron chi connectivity index (χ1n) is 14.5. The third kappa shape index (κ3) is 4.51. The lowest BCUT2D eigenvalue weighted by Crippen LogP contribution is -2.75. The number of Topliss-reactive ketones (excluding diaryl/α,β-unsaturated/α-hetero) is 1. The van der Waals surface area contributed by atoms with Gasteiger partial charge >= 0.3 is 0 Å². The van der Waals surface area contributed by atoms with E-state index in [0.717, 1.165) is 22.2 Å². The predicted molar refractivity (Wildman–Crippen MR) is 179 cm³/mol. The second kappa shape index (κ2) is 10.9. The average Bonchev–Trinajstić information content (AvgIpc) is 3.57. The van der Waals surface area contributed by atoms with Gasteiger partial charge in [-0.05, 0) is 43.5 Å². The predicted octanol–water partition coefficient (Wildman–Crippen LogP) is 7.13. The molecule has 6 rings (SSSR count). The first-order valence-corrected chi connectivity index (χ1v) is 19.1. The molecule has 9 heteroatoms. The zero-order chi connectivity index (χ0) is 30.6.